The fourth-order valence-electron chi connectivity index (χ4n) is 3.91. The zero-order valence-electron chi connectivity index (χ0n) is 15.4. The molecular weight excluding hydrogens is 304 g/mol. The number of unbranched alkanes of at least 4 members (excludes halogenated alkanes) is 2. The van der Waals surface area contributed by atoms with Crippen molar-refractivity contribution in [2.24, 2.45) is 0 Å². The fraction of sp³-hybridized carbons (Fsp3) is 0.391. The Morgan fingerprint density at radius 2 is 1.71 bits per heavy atom. The van der Waals surface area contributed by atoms with Gasteiger partial charge in [0.15, 0.2) is 0 Å². The van der Waals surface area contributed by atoms with Crippen molar-refractivity contribution >= 4 is 26.0 Å². The van der Waals surface area contributed by atoms with E-state index in [0.717, 1.165) is 9.52 Å². The van der Waals surface area contributed by atoms with Gasteiger partial charge in [0, 0.05) is 5.92 Å². The summed E-state index contributed by atoms with van der Waals surface area (Å²) in [4.78, 5) is 0. The van der Waals surface area contributed by atoms with Crippen LogP contribution in [0, 0.1) is 13.8 Å². The topological polar surface area (TPSA) is 0 Å². The molecule has 124 valence electrons. The van der Waals surface area contributed by atoms with Gasteiger partial charge in [0.2, 0.25) is 0 Å². The molecular formula is C23H28Si. The third kappa shape index (κ3) is 3.72. The van der Waals surface area contributed by atoms with Crippen molar-refractivity contribution in [2.45, 2.75) is 59.3 Å². The van der Waals surface area contributed by atoms with Gasteiger partial charge in [-0.1, -0.05) is 95.7 Å². The molecule has 1 atom stereocenters. The molecule has 1 aliphatic carbocycles. The number of allylic oxidation sites excluding steroid dienone is 1. The maximum atomic E-state index is 2.46. The highest BCUT2D eigenvalue weighted by Gasteiger charge is 2.23. The molecule has 0 amide bonds. The minimum atomic E-state index is 0.649. The average molecular weight is 333 g/mol. The monoisotopic (exact) mass is 332 g/mol. The third-order valence-corrected chi connectivity index (χ3v) is 6.32. The van der Waals surface area contributed by atoms with Crippen LogP contribution in [0.2, 0.25) is 0 Å². The number of fused-ring (bicyclic) bond motifs is 1. The normalized spacial score (nSPS) is 16.2. The summed E-state index contributed by atoms with van der Waals surface area (Å²) < 4.78 is 0. The fourth-order valence-corrected chi connectivity index (χ4v) is 5.36. The number of benzene rings is 2. The molecule has 0 aliphatic heterocycles. The Morgan fingerprint density at radius 3 is 2.42 bits per heavy atom. The summed E-state index contributed by atoms with van der Waals surface area (Å²) in [5.74, 6) is 0.649. The van der Waals surface area contributed by atoms with Crippen LogP contribution in [0.15, 0.2) is 42.0 Å². The molecule has 0 heterocycles. The van der Waals surface area contributed by atoms with Crippen molar-refractivity contribution in [1.82, 2.24) is 0 Å². The van der Waals surface area contributed by atoms with Crippen LogP contribution in [0.5, 0.6) is 0 Å². The lowest BCUT2D eigenvalue weighted by Gasteiger charge is -2.15. The van der Waals surface area contributed by atoms with E-state index < -0.39 is 0 Å². The summed E-state index contributed by atoms with van der Waals surface area (Å²) in [5, 5.41) is 2.97. The van der Waals surface area contributed by atoms with Crippen LogP contribution in [0.1, 0.15) is 67.7 Å². The molecule has 0 nitrogen and oxygen atoms in total. The molecule has 0 saturated heterocycles. The first kappa shape index (κ1) is 17.2. The molecule has 0 spiro atoms. The van der Waals surface area contributed by atoms with Crippen molar-refractivity contribution in [3.05, 3.63) is 64.2 Å². The van der Waals surface area contributed by atoms with Crippen LogP contribution in [-0.4, -0.2) is 9.52 Å². The first-order valence-electron chi connectivity index (χ1n) is 9.25. The molecule has 2 aromatic rings. The van der Waals surface area contributed by atoms with Crippen molar-refractivity contribution in [1.29, 1.82) is 0 Å². The lowest BCUT2D eigenvalue weighted by atomic mass is 9.91. The molecule has 1 aliphatic rings. The van der Waals surface area contributed by atoms with Gasteiger partial charge in [0.05, 0.1) is 0 Å². The number of hydrogen-bond donors (Lipinski definition) is 0. The highest BCUT2D eigenvalue weighted by molar-refractivity contribution is 6.68. The molecule has 1 unspecified atom stereocenters. The van der Waals surface area contributed by atoms with Gasteiger partial charge < -0.3 is 0 Å². The van der Waals surface area contributed by atoms with E-state index in [-0.39, 0.29) is 0 Å². The van der Waals surface area contributed by atoms with Crippen LogP contribution in [0.4, 0.5) is 0 Å². The van der Waals surface area contributed by atoms with Crippen molar-refractivity contribution in [3.8, 4) is 0 Å². The lowest BCUT2D eigenvalue weighted by molar-refractivity contribution is 0.618. The third-order valence-electron chi connectivity index (χ3n) is 5.03. The minimum absolute atomic E-state index is 0.649. The molecule has 0 saturated carbocycles. The second-order valence-corrected chi connectivity index (χ2v) is 8.61. The average Bonchev–Trinajstić information content (AvgIpc) is 2.84. The molecule has 24 heavy (non-hydrogen) atoms. The minimum Gasteiger partial charge on any atom is -0.0654 e. The molecule has 0 aromatic heterocycles. The van der Waals surface area contributed by atoms with Crippen molar-refractivity contribution in [2.75, 3.05) is 0 Å². The van der Waals surface area contributed by atoms with Gasteiger partial charge in [-0.3, -0.25) is 0 Å². The Morgan fingerprint density at radius 1 is 0.958 bits per heavy atom. The Balaban J connectivity index is 1.87. The Hall–Kier alpha value is -1.60. The molecule has 0 bridgehead atoms. The van der Waals surface area contributed by atoms with Crippen LogP contribution in [0.25, 0.3) is 6.08 Å². The maximum Gasteiger partial charge on any atom is 0.122 e. The van der Waals surface area contributed by atoms with Gasteiger partial charge in [-0.25, -0.2) is 0 Å². The summed E-state index contributed by atoms with van der Waals surface area (Å²) in [6.45, 7) is 9.00. The summed E-state index contributed by atoms with van der Waals surface area (Å²) in [6, 6.07) is 13.9. The van der Waals surface area contributed by atoms with E-state index in [1.165, 1.54) is 52.7 Å². The van der Waals surface area contributed by atoms with Gasteiger partial charge in [-0.15, -0.1) is 0 Å². The van der Waals surface area contributed by atoms with Crippen molar-refractivity contribution < 1.29 is 0 Å². The maximum absolute atomic E-state index is 2.46. The molecule has 0 fully saturated rings. The summed E-state index contributed by atoms with van der Waals surface area (Å²) in [7, 11) is 0.749. The van der Waals surface area contributed by atoms with E-state index in [2.05, 4.69) is 70.2 Å². The number of hydrogen-bond acceptors (Lipinski definition) is 0. The summed E-state index contributed by atoms with van der Waals surface area (Å²) in [6.07, 6.45) is 7.76. The predicted octanol–water partition coefficient (Wildman–Crippen LogP) is 5.04. The number of aryl methyl sites for hydroxylation is 2. The predicted molar refractivity (Wildman–Crippen MR) is 108 cm³/mol. The zero-order chi connectivity index (χ0) is 17.1. The van der Waals surface area contributed by atoms with Gasteiger partial charge in [-0.2, -0.15) is 0 Å². The molecule has 1 heteroatoms. The smallest absolute Gasteiger partial charge is 0.0654 e. The molecule has 2 aromatic carbocycles. The van der Waals surface area contributed by atoms with E-state index in [1.54, 1.807) is 11.1 Å². The quantitative estimate of drug-likeness (QED) is 0.513. The summed E-state index contributed by atoms with van der Waals surface area (Å²) >= 11 is 0. The van der Waals surface area contributed by atoms with Gasteiger partial charge in [0.1, 0.15) is 9.52 Å². The zero-order valence-corrected chi connectivity index (χ0v) is 16.4. The Kier molecular flexibility index (Phi) is 5.40. The standard InChI is InChI=1S/C23H28Si/c1-5-6-7-9-20-18(4)15-22-21(20)10-8-11-23(22)24-19-13-16(2)12-17(3)14-19/h8,10-15,20H,5-7,9H2,1-4H3. The van der Waals surface area contributed by atoms with Gasteiger partial charge >= 0.3 is 0 Å². The largest absolute Gasteiger partial charge is 0.122 e. The highest BCUT2D eigenvalue weighted by Crippen LogP contribution is 2.38. The second-order valence-electron chi connectivity index (χ2n) is 7.25. The van der Waals surface area contributed by atoms with Crippen LogP contribution >= 0.6 is 0 Å². The van der Waals surface area contributed by atoms with E-state index in [0.29, 0.717) is 5.92 Å². The van der Waals surface area contributed by atoms with E-state index in [1.807, 2.05) is 0 Å². The van der Waals surface area contributed by atoms with E-state index >= 15 is 0 Å². The lowest BCUT2D eigenvalue weighted by Crippen LogP contribution is -2.29. The SMILES string of the molecule is CCCCCC1C(C)=Cc2c([Si]c3cc(C)cc(C)c3)cccc21. The first-order chi connectivity index (χ1) is 11.6. The summed E-state index contributed by atoms with van der Waals surface area (Å²) in [5.41, 5.74) is 7.37. The van der Waals surface area contributed by atoms with Crippen LogP contribution in [-0.2, 0) is 0 Å². The first-order valence-corrected chi connectivity index (χ1v) is 10.2. The highest BCUT2D eigenvalue weighted by atomic mass is 28.2. The molecule has 3 rings (SSSR count). The van der Waals surface area contributed by atoms with Gasteiger partial charge in [0.25, 0.3) is 0 Å². The van der Waals surface area contributed by atoms with Crippen LogP contribution in [0.3, 0.4) is 0 Å². The van der Waals surface area contributed by atoms with E-state index in [9.17, 15) is 0 Å². The van der Waals surface area contributed by atoms with Gasteiger partial charge in [-0.05, 0) is 38.3 Å². The van der Waals surface area contributed by atoms with Crippen molar-refractivity contribution in [3.63, 3.8) is 0 Å². The second kappa shape index (κ2) is 7.52. The van der Waals surface area contributed by atoms with Crippen LogP contribution < -0.4 is 10.4 Å². The Bertz CT molecular complexity index is 734. The van der Waals surface area contributed by atoms with E-state index in [4.69, 9.17) is 0 Å². The molecule has 0 N–H and O–H groups in total. The number of rotatable bonds is 6. The Labute approximate surface area is 149 Å². The molecule has 2 radical (unpaired) electrons.